The van der Waals surface area contributed by atoms with E-state index >= 15 is 0 Å². The maximum atomic E-state index is 14.9. The topological polar surface area (TPSA) is 9.23 Å². The molecule has 0 bridgehead atoms. The first kappa shape index (κ1) is 28.3. The van der Waals surface area contributed by atoms with Gasteiger partial charge in [0.2, 0.25) is 0 Å². The van der Waals surface area contributed by atoms with E-state index in [1.807, 2.05) is 12.1 Å². The van der Waals surface area contributed by atoms with E-state index in [-0.39, 0.29) is 20.2 Å². The van der Waals surface area contributed by atoms with Crippen LogP contribution >= 0.6 is 0 Å². The minimum absolute atomic E-state index is 0.154. The van der Waals surface area contributed by atoms with Crippen molar-refractivity contribution in [1.82, 2.24) is 0 Å². The minimum Gasteiger partial charge on any atom is -0.429 e. The molecule has 1 aliphatic heterocycles. The molecule has 1 nitrogen and oxygen atoms in total. The van der Waals surface area contributed by atoms with Crippen molar-refractivity contribution >= 4 is 8.80 Å². The van der Waals surface area contributed by atoms with Crippen LogP contribution in [0.4, 0.5) is 22.0 Å². The lowest BCUT2D eigenvalue weighted by Crippen LogP contribution is -2.21. The number of hydrogen-bond acceptors (Lipinski definition) is 1. The van der Waals surface area contributed by atoms with E-state index in [4.69, 9.17) is 0 Å². The second-order valence-corrected chi connectivity index (χ2v) is 13.2. The molecule has 0 unspecified atom stereocenters. The lowest BCUT2D eigenvalue weighted by Gasteiger charge is -2.27. The summed E-state index contributed by atoms with van der Waals surface area (Å²) in [6.45, 7) is -1.07. The number of unbranched alkanes of at least 4 members (excludes halogenated alkanes) is 2. The summed E-state index contributed by atoms with van der Waals surface area (Å²) in [6.07, 6.45) is 8.39. The highest BCUT2D eigenvalue weighted by Gasteiger charge is 2.22. The van der Waals surface area contributed by atoms with Crippen LogP contribution in [0.3, 0.4) is 0 Å². The summed E-state index contributed by atoms with van der Waals surface area (Å²) in [5, 5.41) is 0. The lowest BCUT2D eigenvalue weighted by atomic mass is 9.93. The van der Waals surface area contributed by atoms with E-state index in [0.717, 1.165) is 36.1 Å². The van der Waals surface area contributed by atoms with E-state index in [1.54, 1.807) is 24.3 Å². The van der Waals surface area contributed by atoms with Gasteiger partial charge in [-0.2, -0.15) is 8.78 Å². The number of ether oxygens (including phenoxy) is 1. The van der Waals surface area contributed by atoms with Gasteiger partial charge >= 0.3 is 6.61 Å². The second kappa shape index (κ2) is 13.4. The average molecular weight is 546 g/mol. The Morgan fingerprint density at radius 1 is 0.789 bits per heavy atom. The van der Waals surface area contributed by atoms with Gasteiger partial charge in [-0.15, -0.1) is 0 Å². The Balaban J connectivity index is 1.35. The van der Waals surface area contributed by atoms with Gasteiger partial charge in [0.1, 0.15) is 5.82 Å². The van der Waals surface area contributed by atoms with Gasteiger partial charge in [-0.05, 0) is 64.8 Å². The van der Waals surface area contributed by atoms with Gasteiger partial charge in [0.25, 0.3) is 0 Å². The Morgan fingerprint density at radius 3 is 1.95 bits per heavy atom. The van der Waals surface area contributed by atoms with Crippen LogP contribution in [0.2, 0.25) is 18.1 Å². The summed E-state index contributed by atoms with van der Waals surface area (Å²) in [6, 6.07) is 18.3. The molecule has 7 heteroatoms. The highest BCUT2D eigenvalue weighted by molar-refractivity contribution is 6.58. The fraction of sp³-hybridized carbons (Fsp3) is 0.419. The fourth-order valence-corrected chi connectivity index (χ4v) is 8.46. The van der Waals surface area contributed by atoms with Crippen LogP contribution in [0.15, 0.2) is 54.6 Å². The first-order chi connectivity index (χ1) is 18.3. The third-order valence-corrected chi connectivity index (χ3v) is 10.6. The molecule has 3 aromatic carbocycles. The minimum atomic E-state index is -3.32. The van der Waals surface area contributed by atoms with Crippen molar-refractivity contribution in [3.8, 4) is 28.0 Å². The molecular weight excluding hydrogens is 511 g/mol. The number of aryl methyl sites for hydroxylation is 1. The SMILES string of the molecule is CCCCC[Si]1CCC(CCc2ccc(-c3ccc(-c4cc(F)c(OC(F)F)c(F)c4)cc3)cc2F)CC1. The van der Waals surface area contributed by atoms with Gasteiger partial charge in [-0.1, -0.05) is 93.6 Å². The molecule has 1 saturated heterocycles. The Labute approximate surface area is 223 Å². The molecule has 38 heavy (non-hydrogen) atoms. The molecule has 4 rings (SSSR count). The third-order valence-electron chi connectivity index (χ3n) is 7.58. The van der Waals surface area contributed by atoms with Crippen molar-refractivity contribution in [1.29, 1.82) is 0 Å². The predicted octanol–water partition coefficient (Wildman–Crippen LogP) is 10.1. The van der Waals surface area contributed by atoms with Crippen LogP contribution < -0.4 is 4.74 Å². The molecule has 0 aromatic heterocycles. The van der Waals surface area contributed by atoms with Crippen molar-refractivity contribution in [2.75, 3.05) is 0 Å². The van der Waals surface area contributed by atoms with E-state index in [1.165, 1.54) is 56.3 Å². The quantitative estimate of drug-likeness (QED) is 0.132. The maximum Gasteiger partial charge on any atom is 0.387 e. The van der Waals surface area contributed by atoms with Gasteiger partial charge in [-0.3, -0.25) is 0 Å². The second-order valence-electron chi connectivity index (χ2n) is 10.2. The molecule has 0 amide bonds. The summed E-state index contributed by atoms with van der Waals surface area (Å²) < 4.78 is 71.8. The van der Waals surface area contributed by atoms with Gasteiger partial charge in [0.15, 0.2) is 17.4 Å². The Morgan fingerprint density at radius 2 is 1.37 bits per heavy atom. The van der Waals surface area contributed by atoms with Crippen LogP contribution in [0.1, 0.15) is 51.0 Å². The van der Waals surface area contributed by atoms with E-state index in [9.17, 15) is 22.0 Å². The summed E-state index contributed by atoms with van der Waals surface area (Å²) in [4.78, 5) is 0. The maximum absolute atomic E-state index is 14.9. The van der Waals surface area contributed by atoms with Crippen LogP contribution in [0.5, 0.6) is 5.75 Å². The summed E-state index contributed by atoms with van der Waals surface area (Å²) in [5.74, 6) is -3.03. The van der Waals surface area contributed by atoms with Crippen molar-refractivity contribution in [3.63, 3.8) is 0 Å². The lowest BCUT2D eigenvalue weighted by molar-refractivity contribution is -0.0546. The molecule has 0 atom stereocenters. The predicted molar refractivity (Wildman–Crippen MR) is 145 cm³/mol. The molecular formula is C31H34F5OSi. The smallest absolute Gasteiger partial charge is 0.387 e. The summed E-state index contributed by atoms with van der Waals surface area (Å²) >= 11 is 0. The Kier molecular flexibility index (Phi) is 10.00. The average Bonchev–Trinajstić information content (AvgIpc) is 2.91. The van der Waals surface area contributed by atoms with Crippen LogP contribution in [0.25, 0.3) is 22.3 Å². The van der Waals surface area contributed by atoms with E-state index in [2.05, 4.69) is 11.7 Å². The van der Waals surface area contributed by atoms with Crippen molar-refractivity contribution in [2.24, 2.45) is 5.92 Å². The number of hydrogen-bond donors (Lipinski definition) is 0. The normalized spacial score (nSPS) is 14.8. The molecule has 1 heterocycles. The first-order valence-corrected chi connectivity index (χ1v) is 15.6. The molecule has 0 aliphatic carbocycles. The summed E-state index contributed by atoms with van der Waals surface area (Å²) in [7, 11) is -0.154. The standard InChI is InChI=1S/C31H34F5OSi/c1-2-3-4-15-38-16-13-21(14-17-38)5-6-24-11-12-25(18-27(24)32)22-7-9-23(10-8-22)26-19-28(33)30(29(34)20-26)37-31(35)36/h7-12,18-21,31H,2-6,13-17H2,1H3. The largest absolute Gasteiger partial charge is 0.429 e. The van der Waals surface area contributed by atoms with Crippen molar-refractivity contribution in [3.05, 3.63) is 77.6 Å². The fourth-order valence-electron chi connectivity index (χ4n) is 5.32. The zero-order valence-corrected chi connectivity index (χ0v) is 22.7. The van der Waals surface area contributed by atoms with Gasteiger partial charge in [0.05, 0.1) is 0 Å². The Bertz CT molecular complexity index is 1170. The highest BCUT2D eigenvalue weighted by atomic mass is 28.3. The van der Waals surface area contributed by atoms with Crippen molar-refractivity contribution < 1.29 is 26.7 Å². The van der Waals surface area contributed by atoms with Crippen molar-refractivity contribution in [2.45, 2.75) is 76.6 Å². The van der Waals surface area contributed by atoms with Gasteiger partial charge < -0.3 is 4.74 Å². The van der Waals surface area contributed by atoms with Crippen LogP contribution in [0, 0.1) is 23.4 Å². The Hall–Kier alpha value is -2.67. The molecule has 0 N–H and O–H groups in total. The van der Waals surface area contributed by atoms with E-state index < -0.39 is 24.0 Å². The van der Waals surface area contributed by atoms with E-state index in [0.29, 0.717) is 17.0 Å². The zero-order chi connectivity index (χ0) is 27.1. The molecule has 1 aliphatic rings. The van der Waals surface area contributed by atoms with Crippen LogP contribution in [-0.2, 0) is 6.42 Å². The van der Waals surface area contributed by atoms with Crippen LogP contribution in [-0.4, -0.2) is 15.4 Å². The number of rotatable bonds is 11. The number of alkyl halides is 2. The molecule has 3 aromatic rings. The molecule has 0 saturated carbocycles. The molecule has 0 spiro atoms. The summed E-state index contributed by atoms with van der Waals surface area (Å²) in [5.41, 5.74) is 2.90. The monoisotopic (exact) mass is 545 g/mol. The zero-order valence-electron chi connectivity index (χ0n) is 21.7. The highest BCUT2D eigenvalue weighted by Crippen LogP contribution is 2.33. The number of benzene rings is 3. The molecule has 1 fully saturated rings. The first-order valence-electron chi connectivity index (χ1n) is 13.5. The number of halogens is 5. The van der Waals surface area contributed by atoms with Gasteiger partial charge in [0, 0.05) is 8.80 Å². The molecule has 1 radical (unpaired) electrons. The third kappa shape index (κ3) is 7.46. The molecule has 203 valence electrons. The van der Waals surface area contributed by atoms with Gasteiger partial charge in [-0.25, -0.2) is 13.2 Å².